The number of anilines is 2. The van der Waals surface area contributed by atoms with Crippen molar-refractivity contribution in [2.45, 2.75) is 37.6 Å². The summed E-state index contributed by atoms with van der Waals surface area (Å²) in [4.78, 5) is 12.7. The number of amides is 1. The van der Waals surface area contributed by atoms with Crippen molar-refractivity contribution in [2.75, 3.05) is 21.9 Å². The van der Waals surface area contributed by atoms with E-state index < -0.39 is 31.5 Å². The van der Waals surface area contributed by atoms with Gasteiger partial charge in [-0.15, -0.1) is 0 Å². The minimum atomic E-state index is -3.75. The molecule has 162 valence electrons. The van der Waals surface area contributed by atoms with Gasteiger partial charge in [-0.2, -0.15) is 0 Å². The molecule has 10 heteroatoms. The number of hydrogen-bond donors (Lipinski definition) is 2. The number of nitrogens with one attached hydrogen (secondary N) is 2. The molecule has 0 radical (unpaired) electrons. The summed E-state index contributed by atoms with van der Waals surface area (Å²) in [6, 6.07) is 12.3. The lowest BCUT2D eigenvalue weighted by Crippen LogP contribution is -2.40. The molecule has 2 N–H and O–H groups in total. The van der Waals surface area contributed by atoms with Crippen molar-refractivity contribution in [1.29, 1.82) is 0 Å². The van der Waals surface area contributed by atoms with Crippen LogP contribution >= 0.6 is 0 Å². The van der Waals surface area contributed by atoms with Crippen LogP contribution in [0.5, 0.6) is 0 Å². The van der Waals surface area contributed by atoms with Crippen molar-refractivity contribution in [3.63, 3.8) is 0 Å². The van der Waals surface area contributed by atoms with Gasteiger partial charge in [0.05, 0.1) is 16.3 Å². The van der Waals surface area contributed by atoms with Crippen LogP contribution in [0, 0.1) is 0 Å². The summed E-state index contributed by atoms with van der Waals surface area (Å²) in [6.07, 6.45) is 0.544. The SMILES string of the molecule is CC(C)(C)NS(=O)(=O)c1cccc(NC(=O)c2cccc(N3CCCS3(=O)=O)c2)c1. The fourth-order valence-electron chi connectivity index (χ4n) is 3.14. The van der Waals surface area contributed by atoms with Crippen LogP contribution in [0.3, 0.4) is 0 Å². The molecule has 0 atom stereocenters. The highest BCUT2D eigenvalue weighted by atomic mass is 32.2. The molecular formula is C20H25N3O5S2. The molecule has 1 fully saturated rings. The van der Waals surface area contributed by atoms with Gasteiger partial charge in [-0.05, 0) is 63.6 Å². The molecule has 0 saturated carbocycles. The van der Waals surface area contributed by atoms with E-state index in [4.69, 9.17) is 0 Å². The fraction of sp³-hybridized carbons (Fsp3) is 0.350. The van der Waals surface area contributed by atoms with Crippen molar-refractivity contribution >= 4 is 37.3 Å². The predicted molar refractivity (Wildman–Crippen MR) is 117 cm³/mol. The second-order valence-corrected chi connectivity index (χ2v) is 11.8. The quantitative estimate of drug-likeness (QED) is 0.725. The summed E-state index contributed by atoms with van der Waals surface area (Å²) in [5.74, 6) is -0.375. The highest BCUT2D eigenvalue weighted by Crippen LogP contribution is 2.25. The first-order valence-electron chi connectivity index (χ1n) is 9.43. The van der Waals surface area contributed by atoms with Gasteiger partial charge in [0.2, 0.25) is 20.0 Å². The summed E-state index contributed by atoms with van der Waals surface area (Å²) in [7, 11) is -7.10. The third-order valence-corrected chi connectivity index (χ3v) is 7.96. The first-order chi connectivity index (χ1) is 13.9. The number of hydrogen-bond acceptors (Lipinski definition) is 5. The van der Waals surface area contributed by atoms with Crippen molar-refractivity contribution in [3.8, 4) is 0 Å². The summed E-state index contributed by atoms with van der Waals surface area (Å²) in [5.41, 5.74) is 0.381. The molecule has 0 aliphatic carbocycles. The number of carbonyl (C=O) groups is 1. The Morgan fingerprint density at radius 2 is 1.77 bits per heavy atom. The highest BCUT2D eigenvalue weighted by Gasteiger charge is 2.28. The average molecular weight is 452 g/mol. The van der Waals surface area contributed by atoms with Crippen LogP contribution in [0.4, 0.5) is 11.4 Å². The summed E-state index contributed by atoms with van der Waals surface area (Å²) < 4.78 is 53.2. The molecule has 1 amide bonds. The van der Waals surface area contributed by atoms with E-state index in [1.54, 1.807) is 51.1 Å². The van der Waals surface area contributed by atoms with Crippen LogP contribution in [0.2, 0.25) is 0 Å². The Kier molecular flexibility index (Phi) is 5.94. The fourth-order valence-corrected chi connectivity index (χ4v) is 6.16. The molecule has 1 saturated heterocycles. The molecule has 0 spiro atoms. The Morgan fingerprint density at radius 1 is 1.07 bits per heavy atom. The lowest BCUT2D eigenvalue weighted by atomic mass is 10.1. The van der Waals surface area contributed by atoms with Crippen molar-refractivity contribution in [3.05, 3.63) is 54.1 Å². The van der Waals surface area contributed by atoms with Gasteiger partial charge in [-0.1, -0.05) is 12.1 Å². The zero-order chi connectivity index (χ0) is 22.2. The molecule has 0 unspecified atom stereocenters. The topological polar surface area (TPSA) is 113 Å². The Hall–Kier alpha value is -2.43. The molecule has 0 bridgehead atoms. The van der Waals surface area contributed by atoms with E-state index in [1.807, 2.05) is 0 Å². The number of carbonyl (C=O) groups excluding carboxylic acids is 1. The number of nitrogens with zero attached hydrogens (tertiary/aromatic N) is 1. The zero-order valence-corrected chi connectivity index (χ0v) is 18.7. The molecule has 0 aromatic heterocycles. The van der Waals surface area contributed by atoms with Gasteiger partial charge < -0.3 is 5.32 Å². The van der Waals surface area contributed by atoms with Crippen LogP contribution < -0.4 is 14.3 Å². The molecule has 30 heavy (non-hydrogen) atoms. The van der Waals surface area contributed by atoms with Crippen LogP contribution in [-0.4, -0.2) is 40.6 Å². The van der Waals surface area contributed by atoms with Gasteiger partial charge in [0.15, 0.2) is 0 Å². The third kappa shape index (κ3) is 5.18. The van der Waals surface area contributed by atoms with Gasteiger partial charge in [-0.3, -0.25) is 9.10 Å². The molecule has 2 aromatic carbocycles. The van der Waals surface area contributed by atoms with Crippen LogP contribution in [0.25, 0.3) is 0 Å². The minimum Gasteiger partial charge on any atom is -0.322 e. The van der Waals surface area contributed by atoms with Crippen LogP contribution in [0.15, 0.2) is 53.4 Å². The monoisotopic (exact) mass is 451 g/mol. The molecule has 3 rings (SSSR count). The summed E-state index contributed by atoms with van der Waals surface area (Å²) in [5, 5.41) is 2.67. The second kappa shape index (κ2) is 8.01. The van der Waals surface area contributed by atoms with E-state index >= 15 is 0 Å². The maximum absolute atomic E-state index is 12.7. The number of benzene rings is 2. The smallest absolute Gasteiger partial charge is 0.255 e. The van der Waals surface area contributed by atoms with Crippen LogP contribution in [-0.2, 0) is 20.0 Å². The summed E-state index contributed by atoms with van der Waals surface area (Å²) >= 11 is 0. The minimum absolute atomic E-state index is 0.0344. The van der Waals surface area contributed by atoms with E-state index in [0.717, 1.165) is 0 Å². The predicted octanol–water partition coefficient (Wildman–Crippen LogP) is 2.56. The molecule has 1 aliphatic heterocycles. The van der Waals surface area contributed by atoms with Gasteiger partial charge in [0.25, 0.3) is 5.91 Å². The van der Waals surface area contributed by atoms with Gasteiger partial charge in [0, 0.05) is 23.3 Å². The molecule has 8 nitrogen and oxygen atoms in total. The Morgan fingerprint density at radius 3 is 2.40 bits per heavy atom. The standard InChI is InChI=1S/C20H25N3O5S2/c1-20(2,3)22-30(27,28)18-10-5-8-16(14-18)21-19(24)15-7-4-9-17(13-15)23-11-6-12-29(23,25)26/h4-5,7-10,13-14,22H,6,11-12H2,1-3H3,(H,21,24). The Balaban J connectivity index is 1.81. The van der Waals surface area contributed by atoms with Gasteiger partial charge in [0.1, 0.15) is 0 Å². The van der Waals surface area contributed by atoms with Crippen LogP contribution in [0.1, 0.15) is 37.6 Å². The van der Waals surface area contributed by atoms with Crippen molar-refractivity contribution in [1.82, 2.24) is 4.72 Å². The lowest BCUT2D eigenvalue weighted by molar-refractivity contribution is 0.102. The zero-order valence-electron chi connectivity index (χ0n) is 17.0. The first-order valence-corrected chi connectivity index (χ1v) is 12.5. The van der Waals surface area contributed by atoms with Crippen molar-refractivity contribution < 1.29 is 21.6 Å². The molecule has 1 aliphatic rings. The van der Waals surface area contributed by atoms with Crippen molar-refractivity contribution in [2.24, 2.45) is 0 Å². The number of rotatable bonds is 5. The molecule has 2 aromatic rings. The average Bonchev–Trinajstić information content (AvgIpc) is 2.99. The molecule has 1 heterocycles. The normalized spacial score (nSPS) is 16.4. The van der Waals surface area contributed by atoms with Gasteiger partial charge in [-0.25, -0.2) is 21.6 Å². The largest absolute Gasteiger partial charge is 0.322 e. The Labute approximate surface area is 177 Å². The maximum Gasteiger partial charge on any atom is 0.255 e. The van der Waals surface area contributed by atoms with E-state index in [0.29, 0.717) is 24.3 Å². The van der Waals surface area contributed by atoms with E-state index in [9.17, 15) is 21.6 Å². The van der Waals surface area contributed by atoms with E-state index in [1.165, 1.54) is 22.5 Å². The number of sulfonamides is 2. The second-order valence-electron chi connectivity index (χ2n) is 8.13. The highest BCUT2D eigenvalue weighted by molar-refractivity contribution is 7.93. The van der Waals surface area contributed by atoms with E-state index in [2.05, 4.69) is 10.0 Å². The summed E-state index contributed by atoms with van der Waals surface area (Å²) in [6.45, 7) is 5.60. The molecular weight excluding hydrogens is 426 g/mol. The van der Waals surface area contributed by atoms with E-state index in [-0.39, 0.29) is 16.2 Å². The Bertz CT molecular complexity index is 1170. The maximum atomic E-state index is 12.7. The third-order valence-electron chi connectivity index (χ3n) is 4.34. The lowest BCUT2D eigenvalue weighted by Gasteiger charge is -2.20. The van der Waals surface area contributed by atoms with Gasteiger partial charge >= 0.3 is 0 Å². The first kappa shape index (κ1) is 22.3.